The van der Waals surface area contributed by atoms with Crippen LogP contribution in [-0.2, 0) is 6.61 Å². The van der Waals surface area contributed by atoms with Gasteiger partial charge in [-0.2, -0.15) is 0 Å². The molecule has 0 spiro atoms. The second-order valence-electron chi connectivity index (χ2n) is 3.58. The number of aliphatic hydroxyl groups is 3. The van der Waals surface area contributed by atoms with Gasteiger partial charge in [-0.15, -0.1) is 0 Å². The van der Waals surface area contributed by atoms with Crippen LogP contribution in [0.3, 0.4) is 0 Å². The van der Waals surface area contributed by atoms with Crippen LogP contribution < -0.4 is 5.32 Å². The third-order valence-electron chi connectivity index (χ3n) is 2.34. The summed E-state index contributed by atoms with van der Waals surface area (Å²) >= 11 is 5.92. The molecule has 2 atom stereocenters. The molecule has 0 aliphatic carbocycles. The fourth-order valence-electron chi connectivity index (χ4n) is 1.45. The highest BCUT2D eigenvalue weighted by molar-refractivity contribution is 6.31. The van der Waals surface area contributed by atoms with E-state index in [9.17, 15) is 10.2 Å². The van der Waals surface area contributed by atoms with Crippen molar-refractivity contribution in [3.05, 3.63) is 34.3 Å². The predicted molar refractivity (Wildman–Crippen MR) is 62.3 cm³/mol. The second kappa shape index (κ2) is 6.18. The molecule has 0 saturated carbocycles. The summed E-state index contributed by atoms with van der Waals surface area (Å²) in [6.45, 7) is 0.139. The summed E-state index contributed by atoms with van der Waals surface area (Å²) in [5.74, 6) is 0. The number of halogens is 1. The van der Waals surface area contributed by atoms with Crippen molar-refractivity contribution in [3.8, 4) is 0 Å². The van der Waals surface area contributed by atoms with Gasteiger partial charge in [0.2, 0.25) is 0 Å². The van der Waals surface area contributed by atoms with E-state index in [1.807, 2.05) is 0 Å². The Morgan fingerprint density at radius 3 is 2.62 bits per heavy atom. The summed E-state index contributed by atoms with van der Waals surface area (Å²) in [7, 11) is 1.68. The SMILES string of the molecule is CNCC(O)C(O)c1cc(CO)ccc1Cl. The van der Waals surface area contributed by atoms with Gasteiger partial charge in [0, 0.05) is 17.1 Å². The van der Waals surface area contributed by atoms with E-state index in [0.717, 1.165) is 0 Å². The van der Waals surface area contributed by atoms with Crippen molar-refractivity contribution in [1.29, 1.82) is 0 Å². The lowest BCUT2D eigenvalue weighted by Gasteiger charge is -2.19. The minimum atomic E-state index is -1.06. The maximum absolute atomic E-state index is 9.86. The van der Waals surface area contributed by atoms with E-state index in [-0.39, 0.29) is 13.2 Å². The molecular formula is C11H16ClNO3. The van der Waals surface area contributed by atoms with Gasteiger partial charge in [0.15, 0.2) is 0 Å². The third kappa shape index (κ3) is 3.17. The highest BCUT2D eigenvalue weighted by Crippen LogP contribution is 2.26. The first-order valence-electron chi connectivity index (χ1n) is 5.00. The van der Waals surface area contributed by atoms with Crippen molar-refractivity contribution in [2.24, 2.45) is 0 Å². The van der Waals surface area contributed by atoms with E-state index in [4.69, 9.17) is 16.7 Å². The molecule has 0 aliphatic heterocycles. The molecule has 0 amide bonds. The molecule has 0 aromatic heterocycles. The van der Waals surface area contributed by atoms with Gasteiger partial charge >= 0.3 is 0 Å². The van der Waals surface area contributed by atoms with E-state index < -0.39 is 12.2 Å². The fourth-order valence-corrected chi connectivity index (χ4v) is 1.68. The Balaban J connectivity index is 2.92. The second-order valence-corrected chi connectivity index (χ2v) is 3.99. The Bertz CT molecular complexity index is 346. The number of hydrogen-bond acceptors (Lipinski definition) is 4. The van der Waals surface area contributed by atoms with Crippen LogP contribution in [0, 0.1) is 0 Å². The zero-order valence-corrected chi connectivity index (χ0v) is 9.78. The summed E-state index contributed by atoms with van der Waals surface area (Å²) in [5.41, 5.74) is 1.08. The van der Waals surface area contributed by atoms with Crippen LogP contribution in [0.1, 0.15) is 17.2 Å². The van der Waals surface area contributed by atoms with Crippen molar-refractivity contribution in [2.45, 2.75) is 18.8 Å². The number of likely N-dealkylation sites (N-methyl/N-ethyl adjacent to an activating group) is 1. The van der Waals surface area contributed by atoms with E-state index in [1.54, 1.807) is 25.2 Å². The molecule has 0 fully saturated rings. The minimum Gasteiger partial charge on any atom is -0.392 e. The van der Waals surface area contributed by atoms with Gasteiger partial charge in [-0.05, 0) is 24.7 Å². The first-order valence-corrected chi connectivity index (χ1v) is 5.37. The lowest BCUT2D eigenvalue weighted by atomic mass is 10.0. The number of nitrogens with one attached hydrogen (secondary N) is 1. The van der Waals surface area contributed by atoms with E-state index in [0.29, 0.717) is 16.1 Å². The molecule has 4 nitrogen and oxygen atoms in total. The third-order valence-corrected chi connectivity index (χ3v) is 2.68. The molecule has 5 heteroatoms. The van der Waals surface area contributed by atoms with Crippen LogP contribution in [0.5, 0.6) is 0 Å². The predicted octanol–water partition coefficient (Wildman–Crippen LogP) is 0.446. The Hall–Kier alpha value is -0.650. The quantitative estimate of drug-likeness (QED) is 0.608. The zero-order valence-electron chi connectivity index (χ0n) is 9.02. The van der Waals surface area contributed by atoms with Gasteiger partial charge in [-0.1, -0.05) is 17.7 Å². The van der Waals surface area contributed by atoms with Crippen molar-refractivity contribution in [2.75, 3.05) is 13.6 Å². The van der Waals surface area contributed by atoms with Crippen LogP contribution >= 0.6 is 11.6 Å². The summed E-state index contributed by atoms with van der Waals surface area (Å²) in [5, 5.41) is 31.6. The van der Waals surface area contributed by atoms with Crippen molar-refractivity contribution >= 4 is 11.6 Å². The van der Waals surface area contributed by atoms with Crippen LogP contribution in [0.25, 0.3) is 0 Å². The molecule has 0 aliphatic rings. The largest absolute Gasteiger partial charge is 0.392 e. The summed E-state index contributed by atoms with van der Waals surface area (Å²) in [6.07, 6.45) is -2.00. The van der Waals surface area contributed by atoms with Gasteiger partial charge in [0.25, 0.3) is 0 Å². The molecule has 2 unspecified atom stereocenters. The van der Waals surface area contributed by atoms with Gasteiger partial charge in [0.05, 0.1) is 12.7 Å². The van der Waals surface area contributed by atoms with Crippen LogP contribution in [-0.4, -0.2) is 35.0 Å². The highest BCUT2D eigenvalue weighted by Gasteiger charge is 2.20. The number of benzene rings is 1. The Morgan fingerprint density at radius 2 is 2.06 bits per heavy atom. The van der Waals surface area contributed by atoms with E-state index in [2.05, 4.69) is 5.32 Å². The van der Waals surface area contributed by atoms with Crippen LogP contribution in [0.2, 0.25) is 5.02 Å². The van der Waals surface area contributed by atoms with Gasteiger partial charge < -0.3 is 20.6 Å². The number of aliphatic hydroxyl groups excluding tert-OH is 3. The molecule has 4 N–H and O–H groups in total. The van der Waals surface area contributed by atoms with Crippen molar-refractivity contribution < 1.29 is 15.3 Å². The minimum absolute atomic E-state index is 0.126. The highest BCUT2D eigenvalue weighted by atomic mass is 35.5. The lowest BCUT2D eigenvalue weighted by Crippen LogP contribution is -2.29. The monoisotopic (exact) mass is 245 g/mol. The zero-order chi connectivity index (χ0) is 12.1. The van der Waals surface area contributed by atoms with Gasteiger partial charge in [0.1, 0.15) is 6.10 Å². The molecule has 16 heavy (non-hydrogen) atoms. The smallest absolute Gasteiger partial charge is 0.108 e. The molecule has 0 heterocycles. The van der Waals surface area contributed by atoms with Crippen LogP contribution in [0.15, 0.2) is 18.2 Å². The molecule has 1 rings (SSSR count). The van der Waals surface area contributed by atoms with Gasteiger partial charge in [-0.25, -0.2) is 0 Å². The van der Waals surface area contributed by atoms with E-state index in [1.165, 1.54) is 0 Å². The molecular weight excluding hydrogens is 230 g/mol. The number of rotatable bonds is 5. The Labute approximate surface area is 99.5 Å². The molecule has 0 saturated heterocycles. The molecule has 1 aromatic rings. The Morgan fingerprint density at radius 1 is 1.38 bits per heavy atom. The average molecular weight is 246 g/mol. The standard InChI is InChI=1S/C11H16ClNO3/c1-13-5-10(15)11(16)8-4-7(6-14)2-3-9(8)12/h2-4,10-11,13-16H,5-6H2,1H3. The molecule has 1 aromatic carbocycles. The Kier molecular flexibility index (Phi) is 5.18. The average Bonchev–Trinajstić information content (AvgIpc) is 2.29. The molecule has 0 bridgehead atoms. The maximum atomic E-state index is 9.86. The maximum Gasteiger partial charge on any atom is 0.108 e. The first-order chi connectivity index (χ1) is 7.60. The van der Waals surface area contributed by atoms with Crippen molar-refractivity contribution in [3.63, 3.8) is 0 Å². The molecule has 90 valence electrons. The summed E-state index contributed by atoms with van der Waals surface area (Å²) in [6, 6.07) is 4.85. The summed E-state index contributed by atoms with van der Waals surface area (Å²) in [4.78, 5) is 0. The first kappa shape index (κ1) is 13.4. The lowest BCUT2D eigenvalue weighted by molar-refractivity contribution is 0.0202. The van der Waals surface area contributed by atoms with Gasteiger partial charge in [-0.3, -0.25) is 0 Å². The topological polar surface area (TPSA) is 72.7 Å². The number of hydrogen-bond donors (Lipinski definition) is 4. The van der Waals surface area contributed by atoms with Crippen molar-refractivity contribution in [1.82, 2.24) is 5.32 Å². The molecule has 0 radical (unpaired) electrons. The fraction of sp³-hybridized carbons (Fsp3) is 0.455. The normalized spacial score (nSPS) is 14.8. The van der Waals surface area contributed by atoms with E-state index >= 15 is 0 Å². The van der Waals surface area contributed by atoms with Crippen LogP contribution in [0.4, 0.5) is 0 Å². The summed E-state index contributed by atoms with van der Waals surface area (Å²) < 4.78 is 0.